The number of ether oxygens (including phenoxy) is 1. The van der Waals surface area contributed by atoms with Crippen LogP contribution in [0, 0.1) is 12.8 Å². The predicted octanol–water partition coefficient (Wildman–Crippen LogP) is 4.32. The Morgan fingerprint density at radius 2 is 2.10 bits per heavy atom. The van der Waals surface area contributed by atoms with Gasteiger partial charge in [0.25, 0.3) is 0 Å². The van der Waals surface area contributed by atoms with Crippen LogP contribution >= 0.6 is 15.9 Å². The molecular weight excluding hydrogens is 314 g/mol. The molecule has 0 aromatic heterocycles. The fraction of sp³-hybridized carbons (Fsp3) is 0.647. The van der Waals surface area contributed by atoms with Gasteiger partial charge in [0.05, 0.1) is 11.1 Å². The number of hydrogen-bond donors (Lipinski definition) is 1. The van der Waals surface area contributed by atoms with Gasteiger partial charge < -0.3 is 10.5 Å². The van der Waals surface area contributed by atoms with Crippen LogP contribution in [-0.2, 0) is 5.41 Å². The summed E-state index contributed by atoms with van der Waals surface area (Å²) in [6, 6.07) is 4.61. The second-order valence-corrected chi connectivity index (χ2v) is 7.53. The van der Waals surface area contributed by atoms with Crippen LogP contribution in [0.1, 0.15) is 50.2 Å². The van der Waals surface area contributed by atoms with Crippen LogP contribution in [0.2, 0.25) is 0 Å². The monoisotopic (exact) mass is 337 g/mol. The van der Waals surface area contributed by atoms with Gasteiger partial charge in [0.2, 0.25) is 0 Å². The van der Waals surface area contributed by atoms with Gasteiger partial charge in [0, 0.05) is 17.0 Å². The summed E-state index contributed by atoms with van der Waals surface area (Å²) in [7, 11) is 0. The van der Waals surface area contributed by atoms with E-state index in [9.17, 15) is 0 Å². The first-order valence-corrected chi connectivity index (χ1v) is 8.51. The molecule has 0 heterocycles. The van der Waals surface area contributed by atoms with E-state index in [-0.39, 0.29) is 11.5 Å². The van der Waals surface area contributed by atoms with Gasteiger partial charge in [-0.3, -0.25) is 0 Å². The van der Waals surface area contributed by atoms with E-state index in [2.05, 4.69) is 41.9 Å². The number of benzene rings is 1. The van der Waals surface area contributed by atoms with E-state index in [1.54, 1.807) is 0 Å². The summed E-state index contributed by atoms with van der Waals surface area (Å²) in [4.78, 5) is 0. The lowest BCUT2D eigenvalue weighted by Gasteiger charge is -2.28. The molecule has 3 rings (SSSR count). The van der Waals surface area contributed by atoms with Crippen molar-refractivity contribution < 1.29 is 4.74 Å². The van der Waals surface area contributed by atoms with Crippen molar-refractivity contribution in [2.75, 3.05) is 6.61 Å². The van der Waals surface area contributed by atoms with Crippen LogP contribution in [0.3, 0.4) is 0 Å². The summed E-state index contributed by atoms with van der Waals surface area (Å²) in [6.45, 7) is 5.11. The van der Waals surface area contributed by atoms with Gasteiger partial charge in [0.1, 0.15) is 5.75 Å². The van der Waals surface area contributed by atoms with Crippen molar-refractivity contribution in [3.63, 3.8) is 0 Å². The summed E-state index contributed by atoms with van der Waals surface area (Å²) in [5, 5.41) is 0. The molecule has 0 saturated heterocycles. The minimum absolute atomic E-state index is 0.142. The van der Waals surface area contributed by atoms with Crippen molar-refractivity contribution in [1.29, 1.82) is 0 Å². The highest BCUT2D eigenvalue weighted by Crippen LogP contribution is 2.54. The number of halogens is 1. The third-order valence-electron chi connectivity index (χ3n) is 5.07. The molecule has 0 aliphatic heterocycles. The molecule has 1 atom stereocenters. The topological polar surface area (TPSA) is 35.2 Å². The van der Waals surface area contributed by atoms with Crippen molar-refractivity contribution in [2.45, 2.75) is 57.4 Å². The van der Waals surface area contributed by atoms with Crippen LogP contribution < -0.4 is 10.5 Å². The van der Waals surface area contributed by atoms with E-state index >= 15 is 0 Å². The fourth-order valence-corrected chi connectivity index (χ4v) is 3.90. The molecule has 2 saturated carbocycles. The molecule has 1 aromatic carbocycles. The summed E-state index contributed by atoms with van der Waals surface area (Å²) in [5.41, 5.74) is 8.99. The zero-order valence-corrected chi connectivity index (χ0v) is 14.0. The summed E-state index contributed by atoms with van der Waals surface area (Å²) < 4.78 is 7.28. The first kappa shape index (κ1) is 14.4. The van der Waals surface area contributed by atoms with Crippen molar-refractivity contribution in [3.8, 4) is 5.75 Å². The normalized spacial score (nSPS) is 22.2. The third-order valence-corrected chi connectivity index (χ3v) is 5.66. The van der Waals surface area contributed by atoms with Gasteiger partial charge in [-0.05, 0) is 73.0 Å². The fourth-order valence-electron chi connectivity index (χ4n) is 3.21. The van der Waals surface area contributed by atoms with Crippen LogP contribution in [0.5, 0.6) is 5.75 Å². The first-order valence-electron chi connectivity index (χ1n) is 7.72. The summed E-state index contributed by atoms with van der Waals surface area (Å²) in [5.74, 6) is 1.79. The highest BCUT2D eigenvalue weighted by Gasteiger charge is 2.49. The van der Waals surface area contributed by atoms with E-state index in [1.165, 1.54) is 43.2 Å². The van der Waals surface area contributed by atoms with Crippen LogP contribution in [0.15, 0.2) is 16.6 Å². The maximum Gasteiger partial charge on any atom is 0.137 e. The summed E-state index contributed by atoms with van der Waals surface area (Å²) >= 11 is 3.69. The Bertz CT molecular complexity index is 504. The van der Waals surface area contributed by atoms with Gasteiger partial charge in [-0.1, -0.05) is 12.5 Å². The van der Waals surface area contributed by atoms with E-state index in [0.717, 1.165) is 22.7 Å². The molecule has 2 aliphatic rings. The second kappa shape index (κ2) is 5.34. The predicted molar refractivity (Wildman–Crippen MR) is 86.3 cm³/mol. The molecule has 2 aliphatic carbocycles. The van der Waals surface area contributed by atoms with E-state index < -0.39 is 0 Å². The third kappa shape index (κ3) is 2.50. The maximum atomic E-state index is 6.26. The largest absolute Gasteiger partial charge is 0.492 e. The van der Waals surface area contributed by atoms with E-state index in [0.29, 0.717) is 0 Å². The Hall–Kier alpha value is -0.540. The minimum atomic E-state index is 0.142. The maximum absolute atomic E-state index is 6.26. The SMILES string of the molecule is Cc1cc(Br)c(OCC2CCC2)c(C2(C(C)N)CC2)c1. The standard InChI is InChI=1S/C17H24BrNO/c1-11-8-14(17(6-7-17)12(2)19)16(15(18)9-11)20-10-13-4-3-5-13/h8-9,12-13H,3-7,10,19H2,1-2H3. The van der Waals surface area contributed by atoms with E-state index in [1.807, 2.05) is 0 Å². The van der Waals surface area contributed by atoms with Gasteiger partial charge in [-0.2, -0.15) is 0 Å². The van der Waals surface area contributed by atoms with Crippen LogP contribution in [0.25, 0.3) is 0 Å². The Balaban J connectivity index is 1.90. The van der Waals surface area contributed by atoms with Gasteiger partial charge in [-0.15, -0.1) is 0 Å². The average Bonchev–Trinajstić information content (AvgIpc) is 3.10. The van der Waals surface area contributed by atoms with Crippen molar-refractivity contribution in [1.82, 2.24) is 0 Å². The average molecular weight is 338 g/mol. The summed E-state index contributed by atoms with van der Waals surface area (Å²) in [6.07, 6.45) is 6.36. The Morgan fingerprint density at radius 3 is 2.60 bits per heavy atom. The number of aryl methyl sites for hydroxylation is 1. The Labute approximate surface area is 130 Å². The zero-order valence-electron chi connectivity index (χ0n) is 12.4. The molecule has 1 aromatic rings. The highest BCUT2D eigenvalue weighted by atomic mass is 79.9. The first-order chi connectivity index (χ1) is 9.53. The van der Waals surface area contributed by atoms with Crippen molar-refractivity contribution in [3.05, 3.63) is 27.7 Å². The zero-order chi connectivity index (χ0) is 14.3. The minimum Gasteiger partial charge on any atom is -0.492 e. The number of hydrogen-bond acceptors (Lipinski definition) is 2. The van der Waals surface area contributed by atoms with E-state index in [4.69, 9.17) is 10.5 Å². The lowest BCUT2D eigenvalue weighted by Crippen LogP contribution is -2.32. The molecule has 2 fully saturated rings. The lowest BCUT2D eigenvalue weighted by molar-refractivity contribution is 0.177. The Kier molecular flexibility index (Phi) is 3.85. The Morgan fingerprint density at radius 1 is 1.40 bits per heavy atom. The molecule has 3 heteroatoms. The van der Waals surface area contributed by atoms with Gasteiger partial charge in [-0.25, -0.2) is 0 Å². The molecule has 0 amide bonds. The number of rotatable bonds is 5. The number of nitrogens with two attached hydrogens (primary N) is 1. The van der Waals surface area contributed by atoms with Gasteiger partial charge in [0.15, 0.2) is 0 Å². The molecular formula is C17H24BrNO. The molecule has 1 unspecified atom stereocenters. The quantitative estimate of drug-likeness (QED) is 0.868. The lowest BCUT2D eigenvalue weighted by atomic mass is 9.86. The molecule has 2 N–H and O–H groups in total. The molecule has 110 valence electrons. The molecule has 2 nitrogen and oxygen atoms in total. The van der Waals surface area contributed by atoms with Crippen molar-refractivity contribution in [2.24, 2.45) is 11.7 Å². The molecule has 0 radical (unpaired) electrons. The second-order valence-electron chi connectivity index (χ2n) is 6.68. The molecule has 20 heavy (non-hydrogen) atoms. The van der Waals surface area contributed by atoms with Crippen molar-refractivity contribution >= 4 is 15.9 Å². The smallest absolute Gasteiger partial charge is 0.137 e. The van der Waals surface area contributed by atoms with Gasteiger partial charge >= 0.3 is 0 Å². The molecule has 0 bridgehead atoms. The van der Waals surface area contributed by atoms with Crippen LogP contribution in [-0.4, -0.2) is 12.6 Å². The molecule has 0 spiro atoms. The van der Waals surface area contributed by atoms with Crippen LogP contribution in [0.4, 0.5) is 0 Å². The highest BCUT2D eigenvalue weighted by molar-refractivity contribution is 9.10.